The predicted molar refractivity (Wildman–Crippen MR) is 110 cm³/mol. The van der Waals surface area contributed by atoms with Crippen molar-refractivity contribution in [3.8, 4) is 11.6 Å². The summed E-state index contributed by atoms with van der Waals surface area (Å²) in [5.41, 5.74) is 1.83. The lowest BCUT2D eigenvalue weighted by atomic mass is 10.3. The highest BCUT2D eigenvalue weighted by atomic mass is 32.2. The molecular formula is C19H23FN6O3S. The van der Waals surface area contributed by atoms with E-state index < -0.39 is 15.8 Å². The van der Waals surface area contributed by atoms with Crippen molar-refractivity contribution < 1.29 is 17.5 Å². The highest BCUT2D eigenvalue weighted by Crippen LogP contribution is 2.21. The average Bonchev–Trinajstić information content (AvgIpc) is 3.05. The first-order valence-electron chi connectivity index (χ1n) is 9.33. The van der Waals surface area contributed by atoms with Crippen molar-refractivity contribution in [3.63, 3.8) is 0 Å². The zero-order valence-corrected chi connectivity index (χ0v) is 17.7. The molecule has 0 saturated carbocycles. The molecule has 0 unspecified atom stereocenters. The Labute approximate surface area is 174 Å². The van der Waals surface area contributed by atoms with Crippen LogP contribution in [0.1, 0.15) is 18.3 Å². The van der Waals surface area contributed by atoms with E-state index in [1.54, 1.807) is 23.7 Å². The summed E-state index contributed by atoms with van der Waals surface area (Å²) in [5, 5.41) is 15.5. The molecule has 0 atom stereocenters. The Bertz CT molecular complexity index is 1120. The number of halogens is 1. The summed E-state index contributed by atoms with van der Waals surface area (Å²) in [6.45, 7) is 6.18. The summed E-state index contributed by atoms with van der Waals surface area (Å²) in [6, 6.07) is 8.97. The van der Waals surface area contributed by atoms with E-state index >= 15 is 0 Å². The third-order valence-electron chi connectivity index (χ3n) is 4.11. The van der Waals surface area contributed by atoms with Crippen LogP contribution in [0.2, 0.25) is 0 Å². The lowest BCUT2D eigenvalue weighted by Gasteiger charge is -2.10. The quantitative estimate of drug-likeness (QED) is 0.497. The molecule has 2 N–H and O–H groups in total. The highest BCUT2D eigenvalue weighted by Gasteiger charge is 2.16. The smallest absolute Gasteiger partial charge is 0.240 e. The average molecular weight is 434 g/mol. The first kappa shape index (κ1) is 21.7. The minimum atomic E-state index is -3.85. The van der Waals surface area contributed by atoms with Crippen molar-refractivity contribution in [2.75, 3.05) is 25.0 Å². The molecule has 3 aromatic rings. The Hall–Kier alpha value is -3.05. The monoisotopic (exact) mass is 434 g/mol. The van der Waals surface area contributed by atoms with E-state index in [2.05, 4.69) is 25.3 Å². The topological polar surface area (TPSA) is 111 Å². The van der Waals surface area contributed by atoms with Crippen LogP contribution in [0, 0.1) is 19.7 Å². The van der Waals surface area contributed by atoms with Crippen LogP contribution in [0.15, 0.2) is 41.3 Å². The summed E-state index contributed by atoms with van der Waals surface area (Å²) in [6.07, 6.45) is 0. The Morgan fingerprint density at radius 2 is 1.90 bits per heavy atom. The minimum absolute atomic E-state index is 0.0144. The van der Waals surface area contributed by atoms with Crippen molar-refractivity contribution in [1.29, 1.82) is 0 Å². The van der Waals surface area contributed by atoms with E-state index in [0.717, 1.165) is 17.5 Å². The van der Waals surface area contributed by atoms with Gasteiger partial charge in [0.2, 0.25) is 10.0 Å². The number of ether oxygens (including phenoxy) is 1. The van der Waals surface area contributed by atoms with Crippen LogP contribution < -0.4 is 14.8 Å². The van der Waals surface area contributed by atoms with Gasteiger partial charge in [-0.1, -0.05) is 0 Å². The Morgan fingerprint density at radius 3 is 2.50 bits per heavy atom. The molecule has 0 bridgehead atoms. The fraction of sp³-hybridized carbons (Fsp3) is 0.316. The van der Waals surface area contributed by atoms with Gasteiger partial charge in [-0.3, -0.25) is 0 Å². The van der Waals surface area contributed by atoms with Crippen LogP contribution in [-0.4, -0.2) is 48.1 Å². The number of aryl methyl sites for hydroxylation is 2. The molecule has 0 radical (unpaired) electrons. The van der Waals surface area contributed by atoms with Gasteiger partial charge in [-0.05, 0) is 57.2 Å². The van der Waals surface area contributed by atoms with Crippen LogP contribution in [-0.2, 0) is 10.0 Å². The molecule has 0 aliphatic heterocycles. The molecule has 11 heteroatoms. The van der Waals surface area contributed by atoms with Gasteiger partial charge in [-0.2, -0.15) is 5.10 Å². The molecule has 1 aromatic carbocycles. The van der Waals surface area contributed by atoms with E-state index in [-0.39, 0.29) is 30.3 Å². The summed E-state index contributed by atoms with van der Waals surface area (Å²) in [5.74, 6) is 0.368. The van der Waals surface area contributed by atoms with Crippen LogP contribution in [0.3, 0.4) is 0 Å². The number of rotatable bonds is 9. The van der Waals surface area contributed by atoms with Gasteiger partial charge in [-0.25, -0.2) is 22.2 Å². The van der Waals surface area contributed by atoms with Crippen LogP contribution in [0.4, 0.5) is 10.2 Å². The Balaban J connectivity index is 1.54. The number of anilines is 1. The van der Waals surface area contributed by atoms with E-state index in [1.807, 2.05) is 19.9 Å². The molecular weight excluding hydrogens is 411 g/mol. The van der Waals surface area contributed by atoms with E-state index in [1.165, 1.54) is 12.1 Å². The number of hydrogen-bond donors (Lipinski definition) is 2. The van der Waals surface area contributed by atoms with Gasteiger partial charge >= 0.3 is 0 Å². The maximum Gasteiger partial charge on any atom is 0.240 e. The minimum Gasteiger partial charge on any atom is -0.491 e. The van der Waals surface area contributed by atoms with Gasteiger partial charge in [0.1, 0.15) is 5.82 Å². The van der Waals surface area contributed by atoms with Gasteiger partial charge in [-0.15, -0.1) is 10.2 Å². The molecule has 2 heterocycles. The van der Waals surface area contributed by atoms with E-state index in [4.69, 9.17) is 4.74 Å². The largest absolute Gasteiger partial charge is 0.491 e. The number of hydrogen-bond acceptors (Lipinski definition) is 7. The Morgan fingerprint density at radius 1 is 1.10 bits per heavy atom. The van der Waals surface area contributed by atoms with Gasteiger partial charge in [0, 0.05) is 18.8 Å². The third-order valence-corrected chi connectivity index (χ3v) is 5.57. The van der Waals surface area contributed by atoms with Crippen LogP contribution in [0.25, 0.3) is 5.82 Å². The molecule has 0 saturated heterocycles. The lowest BCUT2D eigenvalue weighted by Crippen LogP contribution is -2.29. The molecule has 0 fully saturated rings. The van der Waals surface area contributed by atoms with Crippen molar-refractivity contribution in [1.82, 2.24) is 24.7 Å². The molecule has 0 aliphatic carbocycles. The summed E-state index contributed by atoms with van der Waals surface area (Å²) in [4.78, 5) is -0.169. The van der Waals surface area contributed by atoms with Crippen molar-refractivity contribution >= 4 is 15.8 Å². The van der Waals surface area contributed by atoms with E-state index in [9.17, 15) is 12.8 Å². The first-order valence-corrected chi connectivity index (χ1v) is 10.8. The zero-order chi connectivity index (χ0) is 21.7. The second-order valence-corrected chi connectivity index (χ2v) is 8.23. The van der Waals surface area contributed by atoms with E-state index in [0.29, 0.717) is 11.6 Å². The number of benzene rings is 1. The van der Waals surface area contributed by atoms with Gasteiger partial charge < -0.3 is 10.1 Å². The second kappa shape index (κ2) is 9.18. The molecule has 0 spiro atoms. The maximum absolute atomic E-state index is 13.9. The maximum atomic E-state index is 13.9. The number of aromatic nitrogens is 4. The third kappa shape index (κ3) is 5.10. The van der Waals surface area contributed by atoms with Crippen molar-refractivity contribution in [2.45, 2.75) is 25.7 Å². The zero-order valence-electron chi connectivity index (χ0n) is 16.9. The highest BCUT2D eigenvalue weighted by molar-refractivity contribution is 7.89. The van der Waals surface area contributed by atoms with Gasteiger partial charge in [0.15, 0.2) is 17.4 Å². The molecule has 9 nitrogen and oxygen atoms in total. The summed E-state index contributed by atoms with van der Waals surface area (Å²) < 4.78 is 47.7. The molecule has 2 aromatic heterocycles. The van der Waals surface area contributed by atoms with Crippen LogP contribution in [0.5, 0.6) is 5.75 Å². The predicted octanol–water partition coefficient (Wildman–Crippen LogP) is 2.21. The van der Waals surface area contributed by atoms with Crippen molar-refractivity contribution in [3.05, 3.63) is 53.6 Å². The molecule has 30 heavy (non-hydrogen) atoms. The lowest BCUT2D eigenvalue weighted by molar-refractivity contribution is 0.321. The summed E-state index contributed by atoms with van der Waals surface area (Å²) in [7, 11) is -3.85. The van der Waals surface area contributed by atoms with Gasteiger partial charge in [0.05, 0.1) is 17.2 Å². The SMILES string of the molecule is CCOc1ccc(S(=O)(=O)NCCNc2ccc(-n3nc(C)cc3C)nn2)cc1F. The number of sulfonamides is 1. The second-order valence-electron chi connectivity index (χ2n) is 6.47. The molecule has 0 amide bonds. The standard InChI is InChI=1S/C19H23FN6O3S/c1-4-29-17-6-5-15(12-16(17)20)30(27,28)22-10-9-21-18-7-8-19(24-23-18)26-14(3)11-13(2)25-26/h5-8,11-12,22H,4,9-10H2,1-3H3,(H,21,23). The molecule has 3 rings (SSSR count). The Kier molecular flexibility index (Phi) is 6.63. The fourth-order valence-corrected chi connectivity index (χ4v) is 3.82. The number of nitrogens with one attached hydrogen (secondary N) is 2. The number of nitrogens with zero attached hydrogens (tertiary/aromatic N) is 4. The fourth-order valence-electron chi connectivity index (χ4n) is 2.77. The van der Waals surface area contributed by atoms with Crippen LogP contribution >= 0.6 is 0 Å². The summed E-state index contributed by atoms with van der Waals surface area (Å²) >= 11 is 0. The molecule has 160 valence electrons. The van der Waals surface area contributed by atoms with Crippen molar-refractivity contribution in [2.24, 2.45) is 0 Å². The molecule has 0 aliphatic rings. The first-order chi connectivity index (χ1) is 14.3. The normalized spacial score (nSPS) is 11.5. The van der Waals surface area contributed by atoms with Gasteiger partial charge in [0.25, 0.3) is 0 Å².